The summed E-state index contributed by atoms with van der Waals surface area (Å²) in [6.45, 7) is 4.79. The summed E-state index contributed by atoms with van der Waals surface area (Å²) in [6, 6.07) is 0. The maximum Gasteiger partial charge on any atom is 0.0433 e. The molecule has 0 heterocycles. The Labute approximate surface area is 76.5 Å². The van der Waals surface area contributed by atoms with E-state index in [-0.39, 0.29) is 0 Å². The summed E-state index contributed by atoms with van der Waals surface area (Å²) in [5.41, 5.74) is 0. The van der Waals surface area contributed by atoms with Crippen molar-refractivity contribution in [3.8, 4) is 0 Å². The molecule has 0 bridgehead atoms. The van der Waals surface area contributed by atoms with Gasteiger partial charge in [-0.3, -0.25) is 0 Å². The Bertz CT molecular complexity index is 108. The lowest BCUT2D eigenvalue weighted by atomic mass is 10.0. The zero-order valence-corrected chi connectivity index (χ0v) is 8.42. The first-order chi connectivity index (χ1) is 5.81. The fraction of sp³-hybridized carbons (Fsp3) is 0.818. The van der Waals surface area contributed by atoms with Crippen LogP contribution >= 0.6 is 0 Å². The molecule has 0 aliphatic carbocycles. The molecule has 0 spiro atoms. The molecule has 0 radical (unpaired) electrons. The molecule has 72 valence electrons. The van der Waals surface area contributed by atoms with Crippen molar-refractivity contribution in [1.29, 1.82) is 0 Å². The topological polar surface area (TPSA) is 20.2 Å². The van der Waals surface area contributed by atoms with E-state index in [4.69, 9.17) is 5.11 Å². The Morgan fingerprint density at radius 2 is 2.08 bits per heavy atom. The highest BCUT2D eigenvalue weighted by Gasteiger charge is 1.94. The number of rotatable bonds is 7. The number of aliphatic hydroxyl groups is 1. The molecule has 0 aliphatic rings. The SMILES string of the molecule is CCCCC(C)C=CCCCO. The van der Waals surface area contributed by atoms with Crippen LogP contribution in [0.15, 0.2) is 12.2 Å². The predicted octanol–water partition coefficient (Wildman–Crippen LogP) is 3.14. The van der Waals surface area contributed by atoms with Crippen molar-refractivity contribution >= 4 is 0 Å². The first-order valence-electron chi connectivity index (χ1n) is 5.08. The maximum absolute atomic E-state index is 8.54. The van der Waals surface area contributed by atoms with Gasteiger partial charge in [-0.25, -0.2) is 0 Å². The summed E-state index contributed by atoms with van der Waals surface area (Å²) in [7, 11) is 0. The summed E-state index contributed by atoms with van der Waals surface area (Å²) < 4.78 is 0. The quantitative estimate of drug-likeness (QED) is 0.459. The zero-order chi connectivity index (χ0) is 9.23. The average molecular weight is 170 g/mol. The highest BCUT2D eigenvalue weighted by molar-refractivity contribution is 4.85. The Morgan fingerprint density at radius 3 is 2.67 bits per heavy atom. The molecule has 0 aromatic heterocycles. The Morgan fingerprint density at radius 1 is 1.33 bits per heavy atom. The molecular weight excluding hydrogens is 148 g/mol. The van der Waals surface area contributed by atoms with Crippen molar-refractivity contribution in [2.45, 2.75) is 46.0 Å². The summed E-state index contributed by atoms with van der Waals surface area (Å²) in [5, 5.41) is 8.54. The van der Waals surface area contributed by atoms with E-state index >= 15 is 0 Å². The Hall–Kier alpha value is -0.300. The van der Waals surface area contributed by atoms with Crippen LogP contribution in [0.3, 0.4) is 0 Å². The maximum atomic E-state index is 8.54. The lowest BCUT2D eigenvalue weighted by Crippen LogP contribution is -1.88. The minimum absolute atomic E-state index is 0.313. The first kappa shape index (κ1) is 11.7. The Balaban J connectivity index is 3.27. The van der Waals surface area contributed by atoms with Crippen molar-refractivity contribution < 1.29 is 5.11 Å². The third kappa shape index (κ3) is 7.80. The minimum Gasteiger partial charge on any atom is -0.396 e. The van der Waals surface area contributed by atoms with Crippen LogP contribution in [0.4, 0.5) is 0 Å². The fourth-order valence-electron chi connectivity index (χ4n) is 1.16. The molecule has 0 aliphatic heterocycles. The highest BCUT2D eigenvalue weighted by Crippen LogP contribution is 2.09. The van der Waals surface area contributed by atoms with Crippen molar-refractivity contribution in [1.82, 2.24) is 0 Å². The van der Waals surface area contributed by atoms with Gasteiger partial charge in [0.1, 0.15) is 0 Å². The average Bonchev–Trinajstić information content (AvgIpc) is 2.09. The van der Waals surface area contributed by atoms with E-state index in [0.717, 1.165) is 12.8 Å². The molecule has 0 saturated heterocycles. The zero-order valence-electron chi connectivity index (χ0n) is 8.42. The van der Waals surface area contributed by atoms with Crippen LogP contribution in [0.25, 0.3) is 0 Å². The van der Waals surface area contributed by atoms with Crippen LogP contribution < -0.4 is 0 Å². The first-order valence-corrected chi connectivity index (χ1v) is 5.08. The molecule has 0 amide bonds. The molecule has 0 saturated carbocycles. The summed E-state index contributed by atoms with van der Waals surface area (Å²) in [4.78, 5) is 0. The van der Waals surface area contributed by atoms with E-state index in [9.17, 15) is 0 Å². The lowest BCUT2D eigenvalue weighted by molar-refractivity contribution is 0.289. The van der Waals surface area contributed by atoms with Crippen LogP contribution in [0, 0.1) is 5.92 Å². The normalized spacial score (nSPS) is 13.9. The second-order valence-corrected chi connectivity index (χ2v) is 3.41. The molecule has 1 atom stereocenters. The van der Waals surface area contributed by atoms with E-state index in [1.165, 1.54) is 19.3 Å². The lowest BCUT2D eigenvalue weighted by Gasteiger charge is -2.03. The van der Waals surface area contributed by atoms with Gasteiger partial charge in [-0.15, -0.1) is 0 Å². The van der Waals surface area contributed by atoms with Gasteiger partial charge in [0.15, 0.2) is 0 Å². The van der Waals surface area contributed by atoms with Gasteiger partial charge in [-0.1, -0.05) is 38.8 Å². The fourth-order valence-corrected chi connectivity index (χ4v) is 1.16. The molecule has 1 nitrogen and oxygen atoms in total. The van der Waals surface area contributed by atoms with Gasteiger partial charge < -0.3 is 5.11 Å². The van der Waals surface area contributed by atoms with Gasteiger partial charge in [0.05, 0.1) is 0 Å². The molecular formula is C11H22O. The van der Waals surface area contributed by atoms with Gasteiger partial charge in [-0.2, -0.15) is 0 Å². The molecule has 0 aromatic carbocycles. The number of hydrogen-bond donors (Lipinski definition) is 1. The molecule has 0 aromatic rings. The van der Waals surface area contributed by atoms with E-state index in [1.807, 2.05) is 0 Å². The third-order valence-electron chi connectivity index (χ3n) is 2.01. The van der Waals surface area contributed by atoms with Crippen molar-refractivity contribution in [3.63, 3.8) is 0 Å². The molecule has 12 heavy (non-hydrogen) atoms. The molecule has 0 fully saturated rings. The van der Waals surface area contributed by atoms with Crippen LogP contribution in [0.2, 0.25) is 0 Å². The summed E-state index contributed by atoms with van der Waals surface area (Å²) in [6.07, 6.45) is 10.3. The van der Waals surface area contributed by atoms with Crippen LogP contribution in [-0.2, 0) is 0 Å². The number of aliphatic hydroxyl groups excluding tert-OH is 1. The third-order valence-corrected chi connectivity index (χ3v) is 2.01. The van der Waals surface area contributed by atoms with Crippen LogP contribution in [0.5, 0.6) is 0 Å². The Kier molecular flexibility index (Phi) is 8.57. The van der Waals surface area contributed by atoms with Gasteiger partial charge in [0.2, 0.25) is 0 Å². The second kappa shape index (κ2) is 8.79. The largest absolute Gasteiger partial charge is 0.396 e. The van der Waals surface area contributed by atoms with Crippen LogP contribution in [0.1, 0.15) is 46.0 Å². The predicted molar refractivity (Wildman–Crippen MR) is 54.1 cm³/mol. The smallest absolute Gasteiger partial charge is 0.0433 e. The van der Waals surface area contributed by atoms with Gasteiger partial charge in [0, 0.05) is 6.61 Å². The van der Waals surface area contributed by atoms with Gasteiger partial charge in [0.25, 0.3) is 0 Å². The number of hydrogen-bond acceptors (Lipinski definition) is 1. The molecule has 1 unspecified atom stereocenters. The van der Waals surface area contributed by atoms with Gasteiger partial charge >= 0.3 is 0 Å². The summed E-state index contributed by atoms with van der Waals surface area (Å²) >= 11 is 0. The number of unbranched alkanes of at least 4 members (excludes halogenated alkanes) is 2. The standard InChI is InChI=1S/C11H22O/c1-3-4-8-11(2)9-6-5-7-10-12/h6,9,11-12H,3-5,7-8,10H2,1-2H3. The van der Waals surface area contributed by atoms with E-state index in [0.29, 0.717) is 12.5 Å². The monoisotopic (exact) mass is 170 g/mol. The second-order valence-electron chi connectivity index (χ2n) is 3.41. The molecule has 1 N–H and O–H groups in total. The van der Waals surface area contributed by atoms with Crippen LogP contribution in [-0.4, -0.2) is 11.7 Å². The van der Waals surface area contributed by atoms with Crippen molar-refractivity contribution in [3.05, 3.63) is 12.2 Å². The molecule has 0 rings (SSSR count). The number of allylic oxidation sites excluding steroid dienone is 2. The molecule has 1 heteroatoms. The van der Waals surface area contributed by atoms with E-state index in [2.05, 4.69) is 26.0 Å². The van der Waals surface area contributed by atoms with E-state index in [1.54, 1.807) is 0 Å². The van der Waals surface area contributed by atoms with Gasteiger partial charge in [-0.05, 0) is 25.2 Å². The summed E-state index contributed by atoms with van der Waals surface area (Å²) in [5.74, 6) is 0.712. The highest BCUT2D eigenvalue weighted by atomic mass is 16.2. The van der Waals surface area contributed by atoms with Crippen molar-refractivity contribution in [2.75, 3.05) is 6.61 Å². The van der Waals surface area contributed by atoms with E-state index < -0.39 is 0 Å². The minimum atomic E-state index is 0.313. The van der Waals surface area contributed by atoms with Crippen molar-refractivity contribution in [2.24, 2.45) is 5.92 Å².